The number of hydrazone groups is 1. The molecule has 0 aliphatic rings. The average molecular weight is 524 g/mol. The molecule has 0 saturated carbocycles. The number of thiophene rings is 1. The van der Waals surface area contributed by atoms with Gasteiger partial charge in [-0.3, -0.25) is 14.9 Å². The van der Waals surface area contributed by atoms with Gasteiger partial charge in [-0.2, -0.15) is 5.10 Å². The Morgan fingerprint density at radius 1 is 1.11 bits per heavy atom. The first-order valence-corrected chi connectivity index (χ1v) is 11.7. The largest absolute Gasteiger partial charge is 0.474 e. The molecule has 0 spiro atoms. The van der Waals surface area contributed by atoms with Crippen LogP contribution in [-0.2, 0) is 4.79 Å². The predicted molar refractivity (Wildman–Crippen MR) is 137 cm³/mol. The lowest BCUT2D eigenvalue weighted by Gasteiger charge is -2.12. The monoisotopic (exact) mass is 523 g/mol. The van der Waals surface area contributed by atoms with Crippen molar-refractivity contribution < 1.29 is 24.0 Å². The highest BCUT2D eigenvalue weighted by Gasteiger charge is 2.21. The van der Waals surface area contributed by atoms with Crippen LogP contribution in [0.5, 0.6) is 11.5 Å². The maximum atomic E-state index is 12.7. The van der Waals surface area contributed by atoms with E-state index in [4.69, 9.17) is 21.1 Å². The fourth-order valence-electron chi connectivity index (χ4n) is 3.17. The van der Waals surface area contributed by atoms with E-state index in [0.29, 0.717) is 15.5 Å². The van der Waals surface area contributed by atoms with E-state index in [1.54, 1.807) is 30.3 Å². The van der Waals surface area contributed by atoms with Crippen molar-refractivity contribution in [3.8, 4) is 11.5 Å². The predicted octanol–water partition coefficient (Wildman–Crippen LogP) is 5.60. The Morgan fingerprint density at radius 3 is 2.64 bits per heavy atom. The van der Waals surface area contributed by atoms with Crippen molar-refractivity contribution in [1.82, 2.24) is 5.43 Å². The number of nitro benzene ring substituents is 1. The zero-order valence-electron chi connectivity index (χ0n) is 18.7. The average Bonchev–Trinajstić information content (AvgIpc) is 3.21. The van der Waals surface area contributed by atoms with Gasteiger partial charge in [0.2, 0.25) is 0 Å². The number of rotatable bonds is 8. The third-order valence-corrected chi connectivity index (χ3v) is 6.57. The summed E-state index contributed by atoms with van der Waals surface area (Å²) < 4.78 is 11.8. The topological polar surface area (TPSA) is 120 Å². The molecular formula is C25H18ClN3O6S. The van der Waals surface area contributed by atoms with Gasteiger partial charge in [0.1, 0.15) is 10.6 Å². The van der Waals surface area contributed by atoms with E-state index in [-0.39, 0.29) is 17.2 Å². The Bertz CT molecular complexity index is 1490. The van der Waals surface area contributed by atoms with Gasteiger partial charge in [0.15, 0.2) is 11.9 Å². The molecule has 0 bridgehead atoms. The molecule has 182 valence electrons. The van der Waals surface area contributed by atoms with Gasteiger partial charge >= 0.3 is 11.7 Å². The van der Waals surface area contributed by atoms with Crippen molar-refractivity contribution in [3.63, 3.8) is 0 Å². The number of para-hydroxylation sites is 2. The fourth-order valence-corrected chi connectivity index (χ4v) is 4.55. The molecule has 1 atom stereocenters. The highest BCUT2D eigenvalue weighted by Crippen LogP contribution is 2.35. The van der Waals surface area contributed by atoms with Crippen LogP contribution in [0.1, 0.15) is 22.2 Å². The van der Waals surface area contributed by atoms with Crippen molar-refractivity contribution in [2.75, 3.05) is 0 Å². The molecule has 0 fully saturated rings. The van der Waals surface area contributed by atoms with Crippen LogP contribution in [0, 0.1) is 10.1 Å². The molecule has 9 nitrogen and oxygen atoms in total. The smallest absolute Gasteiger partial charge is 0.355 e. The minimum atomic E-state index is -1.04. The Morgan fingerprint density at radius 2 is 1.86 bits per heavy atom. The van der Waals surface area contributed by atoms with Gasteiger partial charge in [-0.1, -0.05) is 54.1 Å². The summed E-state index contributed by atoms with van der Waals surface area (Å²) in [5.41, 5.74) is 2.63. The first kappa shape index (κ1) is 24.8. The molecule has 36 heavy (non-hydrogen) atoms. The van der Waals surface area contributed by atoms with Gasteiger partial charge in [-0.25, -0.2) is 10.2 Å². The Kier molecular flexibility index (Phi) is 7.57. The number of fused-ring (bicyclic) bond motifs is 1. The highest BCUT2D eigenvalue weighted by molar-refractivity contribution is 7.21. The summed E-state index contributed by atoms with van der Waals surface area (Å²) in [5, 5.41) is 16.1. The van der Waals surface area contributed by atoms with Gasteiger partial charge in [0, 0.05) is 16.2 Å². The summed E-state index contributed by atoms with van der Waals surface area (Å²) in [6.07, 6.45) is 0.320. The van der Waals surface area contributed by atoms with Gasteiger partial charge in [0.25, 0.3) is 5.91 Å². The number of hydrogen-bond acceptors (Lipinski definition) is 8. The number of nitrogens with one attached hydrogen (secondary N) is 1. The van der Waals surface area contributed by atoms with Gasteiger partial charge in [-0.05, 0) is 36.8 Å². The molecule has 0 aliphatic carbocycles. The quantitative estimate of drug-likeness (QED) is 0.105. The molecule has 0 aliphatic heterocycles. The summed E-state index contributed by atoms with van der Waals surface area (Å²) in [4.78, 5) is 35.8. The lowest BCUT2D eigenvalue weighted by molar-refractivity contribution is -0.386. The third-order valence-electron chi connectivity index (χ3n) is 4.91. The van der Waals surface area contributed by atoms with Gasteiger partial charge in [0.05, 0.1) is 16.2 Å². The second-order valence-corrected chi connectivity index (χ2v) is 8.85. The van der Waals surface area contributed by atoms with Crippen molar-refractivity contribution in [1.29, 1.82) is 0 Å². The van der Waals surface area contributed by atoms with Crippen LogP contribution in [0.2, 0.25) is 5.02 Å². The summed E-state index contributed by atoms with van der Waals surface area (Å²) in [6, 6.07) is 19.7. The normalized spacial score (nSPS) is 11.8. The molecule has 4 rings (SSSR count). The minimum absolute atomic E-state index is 0.0256. The number of carbonyl (C=O) groups is 2. The number of benzene rings is 3. The molecule has 1 aromatic heterocycles. The number of nitro groups is 1. The van der Waals surface area contributed by atoms with Gasteiger partial charge < -0.3 is 9.47 Å². The van der Waals surface area contributed by atoms with Crippen molar-refractivity contribution in [3.05, 3.63) is 98.4 Å². The van der Waals surface area contributed by atoms with E-state index in [0.717, 1.165) is 10.1 Å². The van der Waals surface area contributed by atoms with E-state index >= 15 is 0 Å². The summed E-state index contributed by atoms with van der Waals surface area (Å²) in [7, 11) is 0. The van der Waals surface area contributed by atoms with E-state index in [1.807, 2.05) is 24.3 Å². The molecule has 0 radical (unpaired) electrons. The maximum absolute atomic E-state index is 12.7. The van der Waals surface area contributed by atoms with Crippen LogP contribution in [0.4, 0.5) is 5.69 Å². The first-order chi connectivity index (χ1) is 17.3. The van der Waals surface area contributed by atoms with E-state index in [9.17, 15) is 19.7 Å². The number of nitrogens with zero attached hydrogens (tertiary/aromatic N) is 2. The summed E-state index contributed by atoms with van der Waals surface area (Å²) in [5.74, 6) is -0.935. The van der Waals surface area contributed by atoms with Crippen molar-refractivity contribution in [2.45, 2.75) is 13.0 Å². The highest BCUT2D eigenvalue weighted by atomic mass is 35.5. The van der Waals surface area contributed by atoms with E-state index in [1.165, 1.54) is 42.7 Å². The Balaban J connectivity index is 1.37. The Labute approximate surface area is 214 Å². The number of halogens is 1. The number of ether oxygens (including phenoxy) is 2. The van der Waals surface area contributed by atoms with Crippen LogP contribution in [0.15, 0.2) is 77.9 Å². The molecule has 4 aromatic rings. The second-order valence-electron chi connectivity index (χ2n) is 7.42. The minimum Gasteiger partial charge on any atom is -0.474 e. The summed E-state index contributed by atoms with van der Waals surface area (Å²) in [6.45, 7) is 1.45. The second kappa shape index (κ2) is 11.0. The van der Waals surface area contributed by atoms with E-state index in [2.05, 4.69) is 10.5 Å². The van der Waals surface area contributed by atoms with Gasteiger partial charge in [-0.15, -0.1) is 11.3 Å². The fraction of sp³-hybridized carbons (Fsp3) is 0.0800. The molecule has 11 heteroatoms. The molecule has 3 aromatic carbocycles. The van der Waals surface area contributed by atoms with Crippen LogP contribution >= 0.6 is 22.9 Å². The van der Waals surface area contributed by atoms with Crippen molar-refractivity contribution >= 4 is 56.8 Å². The molecule has 1 heterocycles. The third kappa shape index (κ3) is 5.68. The SMILES string of the molecule is CC(Oc1ccccc1[N+](=O)[O-])C(=O)N/N=C/c1cccc(OC(=O)c2sc3ccccc3c2Cl)c1. The van der Waals surface area contributed by atoms with Crippen LogP contribution in [-0.4, -0.2) is 29.1 Å². The Hall–Kier alpha value is -4.28. The lowest BCUT2D eigenvalue weighted by Crippen LogP contribution is -2.33. The van der Waals surface area contributed by atoms with E-state index < -0.39 is 22.9 Å². The van der Waals surface area contributed by atoms with Crippen LogP contribution in [0.3, 0.4) is 0 Å². The zero-order chi connectivity index (χ0) is 25.7. The number of esters is 1. The first-order valence-electron chi connectivity index (χ1n) is 10.6. The molecular weight excluding hydrogens is 506 g/mol. The molecule has 1 N–H and O–H groups in total. The number of amides is 1. The molecule has 0 saturated heterocycles. The van der Waals surface area contributed by atoms with Crippen LogP contribution < -0.4 is 14.9 Å². The van der Waals surface area contributed by atoms with Crippen molar-refractivity contribution in [2.24, 2.45) is 5.10 Å². The zero-order valence-corrected chi connectivity index (χ0v) is 20.3. The lowest BCUT2D eigenvalue weighted by atomic mass is 10.2. The number of carbonyl (C=O) groups excluding carboxylic acids is 2. The standard InChI is InChI=1S/C25H18ClN3O6S/c1-15(34-20-11-4-3-10-19(20)29(32)33)24(30)28-27-14-16-7-6-8-17(13-16)35-25(31)23-22(26)18-9-2-5-12-21(18)36-23/h2-15H,1H3,(H,28,30)/b27-14+. The van der Waals surface area contributed by atoms with Crippen LogP contribution in [0.25, 0.3) is 10.1 Å². The molecule has 1 unspecified atom stereocenters. The summed E-state index contributed by atoms with van der Waals surface area (Å²) >= 11 is 7.60. The molecule has 1 amide bonds. The number of hydrogen-bond donors (Lipinski definition) is 1. The maximum Gasteiger partial charge on any atom is 0.355 e.